The van der Waals surface area contributed by atoms with Crippen LogP contribution >= 0.6 is 0 Å². The first-order valence-electron chi connectivity index (χ1n) is 10.8. The smallest absolute Gasteiger partial charge is 0.322 e. The van der Waals surface area contributed by atoms with Crippen molar-refractivity contribution in [3.63, 3.8) is 0 Å². The van der Waals surface area contributed by atoms with Crippen molar-refractivity contribution in [3.8, 4) is 5.75 Å². The van der Waals surface area contributed by atoms with Gasteiger partial charge >= 0.3 is 6.03 Å². The fraction of sp³-hybridized carbons (Fsp3) is 0.435. The fourth-order valence-electron chi connectivity index (χ4n) is 5.27. The first-order valence-corrected chi connectivity index (χ1v) is 10.8. The molecule has 3 N–H and O–H groups in total. The van der Waals surface area contributed by atoms with E-state index in [4.69, 9.17) is 9.26 Å². The molecular weight excluding hydrogens is 426 g/mol. The van der Waals surface area contributed by atoms with Crippen LogP contribution < -0.4 is 10.1 Å². The number of likely N-dealkylation sites (tertiary alicyclic amines) is 1. The van der Waals surface area contributed by atoms with Crippen molar-refractivity contribution in [3.05, 3.63) is 40.9 Å². The minimum absolute atomic E-state index is 0.117. The number of methoxy groups -OCH3 is 1. The monoisotopic (exact) mass is 453 g/mol. The van der Waals surface area contributed by atoms with Crippen LogP contribution in [0.3, 0.4) is 0 Å². The highest BCUT2D eigenvalue weighted by atomic mass is 16.5. The van der Waals surface area contributed by atoms with E-state index in [-0.39, 0.29) is 18.5 Å². The van der Waals surface area contributed by atoms with Crippen LogP contribution in [-0.2, 0) is 10.2 Å². The quantitative estimate of drug-likeness (QED) is 0.560. The number of carbonyl (C=O) groups excluding carboxylic acids is 2. The second-order valence-electron chi connectivity index (χ2n) is 8.94. The third-order valence-corrected chi connectivity index (χ3v) is 6.86. The van der Waals surface area contributed by atoms with E-state index in [1.807, 2.05) is 18.2 Å². The molecule has 1 fully saturated rings. The van der Waals surface area contributed by atoms with Gasteiger partial charge in [0.1, 0.15) is 17.1 Å². The lowest BCUT2D eigenvalue weighted by Gasteiger charge is -2.55. The lowest BCUT2D eigenvalue weighted by molar-refractivity contribution is -0.135. The second-order valence-corrected chi connectivity index (χ2v) is 8.94. The third-order valence-electron chi connectivity index (χ3n) is 6.86. The Morgan fingerprint density at radius 2 is 2.09 bits per heavy atom. The first-order chi connectivity index (χ1) is 15.8. The highest BCUT2D eigenvalue weighted by Gasteiger charge is 2.54. The van der Waals surface area contributed by atoms with Crippen molar-refractivity contribution in [1.82, 2.24) is 19.9 Å². The van der Waals surface area contributed by atoms with Crippen molar-refractivity contribution in [2.24, 2.45) is 0 Å². The molecule has 0 unspecified atom stereocenters. The summed E-state index contributed by atoms with van der Waals surface area (Å²) in [6.45, 7) is 6.15. The molecule has 2 aliphatic rings. The predicted octanol–water partition coefficient (Wildman–Crippen LogP) is 2.46. The Hall–Kier alpha value is -3.53. The molecule has 4 heterocycles. The standard InChI is InChI=1S/C23H27N5O5/c1-12-20(13(2)33-26-12)25-22(31)27-9-23(10-27)11-28(14(3)30)18(8-29)21-19(23)16-6-5-15(32-4)7-17(16)24-21/h5-7,18,24,29H,8-11H2,1-4H3,(H,25,31)/t18-/m0/s1. The molecule has 0 radical (unpaired) electrons. The first kappa shape index (κ1) is 21.3. The summed E-state index contributed by atoms with van der Waals surface area (Å²) in [7, 11) is 1.61. The van der Waals surface area contributed by atoms with Crippen molar-refractivity contribution < 1.29 is 24.0 Å². The van der Waals surface area contributed by atoms with Gasteiger partial charge in [0.2, 0.25) is 5.91 Å². The number of rotatable bonds is 3. The highest BCUT2D eigenvalue weighted by molar-refractivity contribution is 5.93. The van der Waals surface area contributed by atoms with Crippen LogP contribution in [0, 0.1) is 13.8 Å². The van der Waals surface area contributed by atoms with Gasteiger partial charge in [-0.2, -0.15) is 0 Å². The average molecular weight is 453 g/mol. The summed E-state index contributed by atoms with van der Waals surface area (Å²) < 4.78 is 10.5. The van der Waals surface area contributed by atoms with Crippen LogP contribution in [0.1, 0.15) is 35.7 Å². The number of anilines is 1. The molecule has 2 aromatic heterocycles. The molecule has 3 aromatic rings. The Labute approximate surface area is 190 Å². The van der Waals surface area contributed by atoms with Crippen LogP contribution in [0.15, 0.2) is 22.7 Å². The van der Waals surface area contributed by atoms with Crippen molar-refractivity contribution in [1.29, 1.82) is 0 Å². The molecule has 0 saturated carbocycles. The number of urea groups is 1. The van der Waals surface area contributed by atoms with Crippen molar-refractivity contribution >= 4 is 28.5 Å². The molecule has 5 rings (SSSR count). The zero-order valence-electron chi connectivity index (χ0n) is 19.1. The van der Waals surface area contributed by atoms with Crippen molar-refractivity contribution in [2.45, 2.75) is 32.2 Å². The van der Waals surface area contributed by atoms with Gasteiger partial charge in [-0.05, 0) is 31.5 Å². The largest absolute Gasteiger partial charge is 0.497 e. The minimum atomic E-state index is -0.466. The molecule has 1 saturated heterocycles. The van der Waals surface area contributed by atoms with Crippen LogP contribution in [0.2, 0.25) is 0 Å². The maximum atomic E-state index is 13.0. The number of nitrogens with zero attached hydrogens (tertiary/aromatic N) is 3. The molecule has 1 atom stereocenters. The number of aromatic nitrogens is 2. The molecule has 1 spiro atoms. The molecule has 10 heteroatoms. The number of H-pyrrole nitrogens is 1. The Morgan fingerprint density at radius 1 is 1.33 bits per heavy atom. The molecule has 2 aliphatic heterocycles. The van der Waals surface area contributed by atoms with Gasteiger partial charge in [0, 0.05) is 49.2 Å². The number of hydrogen-bond donors (Lipinski definition) is 3. The van der Waals surface area contributed by atoms with E-state index in [1.165, 1.54) is 6.92 Å². The van der Waals surface area contributed by atoms with Crippen molar-refractivity contribution in [2.75, 3.05) is 38.7 Å². The third kappa shape index (κ3) is 3.16. The summed E-state index contributed by atoms with van der Waals surface area (Å²) >= 11 is 0. The fourth-order valence-corrected chi connectivity index (χ4v) is 5.27. The molecule has 174 valence electrons. The molecule has 3 amide bonds. The molecule has 10 nitrogen and oxygen atoms in total. The van der Waals surface area contributed by atoms with Crippen LogP contribution in [0.25, 0.3) is 10.9 Å². The van der Waals surface area contributed by atoms with E-state index in [0.717, 1.165) is 22.2 Å². The number of aliphatic hydroxyl groups is 1. The van der Waals surface area contributed by atoms with Crippen LogP contribution in [0.4, 0.5) is 10.5 Å². The van der Waals surface area contributed by atoms with Gasteiger partial charge in [-0.3, -0.25) is 4.79 Å². The topological polar surface area (TPSA) is 124 Å². The number of aromatic amines is 1. The van der Waals surface area contributed by atoms with E-state index in [0.29, 0.717) is 42.5 Å². The van der Waals surface area contributed by atoms with E-state index in [2.05, 4.69) is 15.5 Å². The Bertz CT molecular complexity index is 1240. The van der Waals surface area contributed by atoms with Gasteiger partial charge in [-0.1, -0.05) is 5.16 Å². The summed E-state index contributed by atoms with van der Waals surface area (Å²) in [5, 5.41) is 17.9. The number of ether oxygens (including phenoxy) is 1. The van der Waals surface area contributed by atoms with E-state index in [1.54, 1.807) is 30.8 Å². The number of hydrogen-bond acceptors (Lipinski definition) is 6. The normalized spacial score (nSPS) is 18.9. The summed E-state index contributed by atoms with van der Waals surface area (Å²) in [6, 6.07) is 5.10. The van der Waals surface area contributed by atoms with Crippen LogP contribution in [-0.4, -0.2) is 70.3 Å². The van der Waals surface area contributed by atoms with E-state index < -0.39 is 11.5 Å². The average Bonchev–Trinajstić information content (AvgIpc) is 3.30. The van der Waals surface area contributed by atoms with Gasteiger partial charge < -0.3 is 34.5 Å². The molecule has 0 bridgehead atoms. The molecule has 0 aliphatic carbocycles. The van der Waals surface area contributed by atoms with Gasteiger partial charge in [0.05, 0.1) is 25.2 Å². The number of aliphatic hydroxyl groups excluding tert-OH is 1. The van der Waals surface area contributed by atoms with Gasteiger partial charge in [-0.15, -0.1) is 0 Å². The second kappa shape index (κ2) is 7.51. The lowest BCUT2D eigenvalue weighted by atomic mass is 9.69. The van der Waals surface area contributed by atoms with E-state index >= 15 is 0 Å². The number of aryl methyl sites for hydroxylation is 2. The Kier molecular flexibility index (Phi) is 4.86. The summed E-state index contributed by atoms with van der Waals surface area (Å²) in [6.07, 6.45) is 0. The summed E-state index contributed by atoms with van der Waals surface area (Å²) in [5.41, 5.74) is 3.51. The predicted molar refractivity (Wildman–Crippen MR) is 120 cm³/mol. The Balaban J connectivity index is 1.52. The number of amides is 3. The zero-order chi connectivity index (χ0) is 23.5. The molecular formula is C23H27N5O5. The lowest BCUT2D eigenvalue weighted by Crippen LogP contribution is -2.68. The number of nitrogens with one attached hydrogen (secondary N) is 2. The number of fused-ring (bicyclic) bond motifs is 4. The maximum Gasteiger partial charge on any atom is 0.322 e. The maximum absolute atomic E-state index is 13.0. The zero-order valence-corrected chi connectivity index (χ0v) is 19.1. The Morgan fingerprint density at radius 3 is 2.70 bits per heavy atom. The summed E-state index contributed by atoms with van der Waals surface area (Å²) in [5.74, 6) is 1.15. The number of carbonyl (C=O) groups is 2. The minimum Gasteiger partial charge on any atom is -0.497 e. The van der Waals surface area contributed by atoms with Gasteiger partial charge in [0.25, 0.3) is 0 Å². The van der Waals surface area contributed by atoms with Crippen LogP contribution in [0.5, 0.6) is 5.75 Å². The SMILES string of the molecule is COc1ccc2c3c([nH]c2c1)[C@H](CO)N(C(C)=O)CC31CN(C(=O)Nc2c(C)noc2C)C1. The van der Waals surface area contributed by atoms with E-state index in [9.17, 15) is 14.7 Å². The van der Waals surface area contributed by atoms with Gasteiger partial charge in [0.15, 0.2) is 5.76 Å². The van der Waals surface area contributed by atoms with Gasteiger partial charge in [-0.25, -0.2) is 4.79 Å². The summed E-state index contributed by atoms with van der Waals surface area (Å²) in [4.78, 5) is 32.3. The molecule has 33 heavy (non-hydrogen) atoms. The molecule has 1 aromatic carbocycles. The number of benzene rings is 1. The highest BCUT2D eigenvalue weighted by Crippen LogP contribution is 2.48.